The van der Waals surface area contributed by atoms with Gasteiger partial charge in [-0.25, -0.2) is 9.59 Å². The summed E-state index contributed by atoms with van der Waals surface area (Å²) in [6.07, 6.45) is -1.29. The maximum atomic E-state index is 12.2. The molecule has 1 saturated heterocycles. The molecule has 1 fully saturated rings. The minimum atomic E-state index is -1.15. The lowest BCUT2D eigenvalue weighted by atomic mass is 9.91. The maximum Gasteiger partial charge on any atom is 0.410 e. The Hall–Kier alpha value is -2.34. The molecule has 1 heterocycles. The summed E-state index contributed by atoms with van der Waals surface area (Å²) in [7, 11) is 0. The van der Waals surface area contributed by atoms with Crippen molar-refractivity contribution in [3.05, 3.63) is 48.0 Å². The van der Waals surface area contributed by atoms with E-state index in [0.29, 0.717) is 6.42 Å². The molecule has 2 N–H and O–H groups in total. The number of allylic oxidation sites excluding steroid dienone is 1. The summed E-state index contributed by atoms with van der Waals surface area (Å²) in [5.74, 6) is -1.72. The number of carbonyl (C=O) groups is 2. The van der Waals surface area contributed by atoms with Crippen LogP contribution in [0.15, 0.2) is 42.5 Å². The number of aliphatic hydroxyl groups is 1. The summed E-state index contributed by atoms with van der Waals surface area (Å²) < 4.78 is 5.18. The van der Waals surface area contributed by atoms with E-state index in [9.17, 15) is 19.8 Å². The first kappa shape index (κ1) is 17.0. The molecular weight excluding hydrogens is 298 g/mol. The first-order valence-electron chi connectivity index (χ1n) is 7.42. The smallest absolute Gasteiger partial charge is 0.410 e. The van der Waals surface area contributed by atoms with Crippen LogP contribution in [0.1, 0.15) is 18.9 Å². The van der Waals surface area contributed by atoms with E-state index in [-0.39, 0.29) is 13.2 Å². The number of aliphatic hydroxyl groups excluding tert-OH is 1. The lowest BCUT2D eigenvalue weighted by Gasteiger charge is -2.24. The van der Waals surface area contributed by atoms with Crippen molar-refractivity contribution in [1.82, 2.24) is 4.90 Å². The predicted molar refractivity (Wildman–Crippen MR) is 83.7 cm³/mol. The highest BCUT2D eigenvalue weighted by atomic mass is 16.6. The third-order valence-corrected chi connectivity index (χ3v) is 3.90. The number of carboxylic acids is 1. The fourth-order valence-electron chi connectivity index (χ4n) is 2.85. The quantitative estimate of drug-likeness (QED) is 0.811. The normalized spacial score (nSPS) is 23.6. The largest absolute Gasteiger partial charge is 0.480 e. The molecule has 1 aromatic rings. The molecule has 1 amide bonds. The Balaban J connectivity index is 2.06. The van der Waals surface area contributed by atoms with Crippen molar-refractivity contribution in [2.45, 2.75) is 32.1 Å². The van der Waals surface area contributed by atoms with E-state index in [1.807, 2.05) is 30.3 Å². The zero-order valence-corrected chi connectivity index (χ0v) is 13.0. The molecule has 6 heteroatoms. The molecular formula is C17H21NO5. The average Bonchev–Trinajstić information content (AvgIpc) is 2.82. The SMILES string of the molecule is C=C(C)C[C@H]1C(O)CN(C(=O)OCc2ccccc2)[C@@H]1C(=O)O. The van der Waals surface area contributed by atoms with Crippen molar-refractivity contribution in [2.75, 3.05) is 6.54 Å². The van der Waals surface area contributed by atoms with Crippen LogP contribution in [0.5, 0.6) is 0 Å². The van der Waals surface area contributed by atoms with E-state index < -0.39 is 30.1 Å². The van der Waals surface area contributed by atoms with E-state index >= 15 is 0 Å². The second-order valence-electron chi connectivity index (χ2n) is 5.87. The third-order valence-electron chi connectivity index (χ3n) is 3.90. The summed E-state index contributed by atoms with van der Waals surface area (Å²) in [6.45, 7) is 5.53. The topological polar surface area (TPSA) is 87.1 Å². The number of amides is 1. The van der Waals surface area contributed by atoms with Gasteiger partial charge >= 0.3 is 12.1 Å². The standard InChI is InChI=1S/C17H21NO5/c1-11(2)8-13-14(19)9-18(15(13)16(20)21)17(22)23-10-12-6-4-3-5-7-12/h3-7,13-15,19H,1,8-10H2,2H3,(H,20,21)/t13-,14?,15-/m0/s1. The maximum absolute atomic E-state index is 12.2. The highest BCUT2D eigenvalue weighted by Gasteiger charge is 2.47. The molecule has 0 aliphatic carbocycles. The van der Waals surface area contributed by atoms with Gasteiger partial charge in [-0.05, 0) is 18.9 Å². The summed E-state index contributed by atoms with van der Waals surface area (Å²) in [6, 6.07) is 8.02. The summed E-state index contributed by atoms with van der Waals surface area (Å²) >= 11 is 0. The van der Waals surface area contributed by atoms with Crippen LogP contribution in [0.3, 0.4) is 0 Å². The summed E-state index contributed by atoms with van der Waals surface area (Å²) in [4.78, 5) is 24.8. The first-order chi connectivity index (χ1) is 10.9. The van der Waals surface area contributed by atoms with E-state index in [0.717, 1.165) is 16.0 Å². The van der Waals surface area contributed by atoms with Crippen molar-refractivity contribution >= 4 is 12.1 Å². The number of carboxylic acid groups (broad SMARTS) is 1. The van der Waals surface area contributed by atoms with Gasteiger partial charge < -0.3 is 14.9 Å². The Morgan fingerprint density at radius 3 is 2.57 bits per heavy atom. The number of benzene rings is 1. The molecule has 3 atom stereocenters. The molecule has 6 nitrogen and oxygen atoms in total. The van der Waals surface area contributed by atoms with Gasteiger partial charge in [-0.1, -0.05) is 35.9 Å². The van der Waals surface area contributed by atoms with Crippen LogP contribution in [0.4, 0.5) is 4.79 Å². The number of nitrogens with zero attached hydrogens (tertiary/aromatic N) is 1. The molecule has 0 saturated carbocycles. The van der Waals surface area contributed by atoms with Gasteiger partial charge in [-0.2, -0.15) is 0 Å². The molecule has 0 spiro atoms. The van der Waals surface area contributed by atoms with Gasteiger partial charge in [0.15, 0.2) is 0 Å². The van der Waals surface area contributed by atoms with Crippen LogP contribution >= 0.6 is 0 Å². The number of β-amino-alcohol motifs (C(OH)–C–C–N with tert-alkyl or cyclic N) is 1. The van der Waals surface area contributed by atoms with Crippen molar-refractivity contribution in [3.8, 4) is 0 Å². The second kappa shape index (κ2) is 7.28. The zero-order valence-electron chi connectivity index (χ0n) is 13.0. The van der Waals surface area contributed by atoms with Crippen LogP contribution in [0.2, 0.25) is 0 Å². The zero-order chi connectivity index (χ0) is 17.0. The van der Waals surface area contributed by atoms with E-state index in [1.54, 1.807) is 6.92 Å². The number of rotatable bonds is 5. The molecule has 1 aliphatic rings. The van der Waals surface area contributed by atoms with Gasteiger partial charge in [0.05, 0.1) is 12.6 Å². The molecule has 0 radical (unpaired) electrons. The fourth-order valence-corrected chi connectivity index (χ4v) is 2.85. The van der Waals surface area contributed by atoms with Gasteiger partial charge in [0.1, 0.15) is 12.6 Å². The molecule has 23 heavy (non-hydrogen) atoms. The Kier molecular flexibility index (Phi) is 5.39. The van der Waals surface area contributed by atoms with E-state index in [1.165, 1.54) is 0 Å². The van der Waals surface area contributed by atoms with Gasteiger partial charge in [0, 0.05) is 5.92 Å². The summed E-state index contributed by atoms with van der Waals surface area (Å²) in [5, 5.41) is 19.5. The van der Waals surface area contributed by atoms with Crippen molar-refractivity contribution in [1.29, 1.82) is 0 Å². The van der Waals surface area contributed by atoms with Crippen molar-refractivity contribution < 1.29 is 24.5 Å². The van der Waals surface area contributed by atoms with Crippen molar-refractivity contribution in [2.24, 2.45) is 5.92 Å². The molecule has 0 bridgehead atoms. The fraction of sp³-hybridized carbons (Fsp3) is 0.412. The second-order valence-corrected chi connectivity index (χ2v) is 5.87. The van der Waals surface area contributed by atoms with Gasteiger partial charge in [0.25, 0.3) is 0 Å². The highest BCUT2D eigenvalue weighted by molar-refractivity contribution is 5.81. The molecule has 1 unspecified atom stereocenters. The van der Waals surface area contributed by atoms with Gasteiger partial charge in [-0.15, -0.1) is 6.58 Å². The number of likely N-dealkylation sites (tertiary alicyclic amines) is 1. The molecule has 1 aliphatic heterocycles. The number of hydrogen-bond acceptors (Lipinski definition) is 4. The van der Waals surface area contributed by atoms with E-state index in [4.69, 9.17) is 4.74 Å². The first-order valence-corrected chi connectivity index (χ1v) is 7.42. The predicted octanol–water partition coefficient (Wildman–Crippen LogP) is 2.04. The Morgan fingerprint density at radius 1 is 1.35 bits per heavy atom. The van der Waals surface area contributed by atoms with Crippen LogP contribution in [-0.2, 0) is 16.1 Å². The highest BCUT2D eigenvalue weighted by Crippen LogP contribution is 2.30. The lowest BCUT2D eigenvalue weighted by Crippen LogP contribution is -2.43. The van der Waals surface area contributed by atoms with Gasteiger partial charge in [0.2, 0.25) is 0 Å². The third kappa shape index (κ3) is 4.10. The number of carbonyl (C=O) groups excluding carboxylic acids is 1. The molecule has 124 valence electrons. The minimum Gasteiger partial charge on any atom is -0.480 e. The van der Waals surface area contributed by atoms with Gasteiger partial charge in [-0.3, -0.25) is 4.90 Å². The van der Waals surface area contributed by atoms with E-state index in [2.05, 4.69) is 6.58 Å². The minimum absolute atomic E-state index is 0.0530. The van der Waals surface area contributed by atoms with Crippen LogP contribution < -0.4 is 0 Å². The Bertz CT molecular complexity index is 586. The van der Waals surface area contributed by atoms with Crippen LogP contribution in [0.25, 0.3) is 0 Å². The number of aliphatic carboxylic acids is 1. The van der Waals surface area contributed by atoms with Crippen LogP contribution in [0, 0.1) is 5.92 Å². The van der Waals surface area contributed by atoms with Crippen LogP contribution in [-0.4, -0.2) is 45.9 Å². The Labute approximate surface area is 135 Å². The molecule has 1 aromatic carbocycles. The molecule has 0 aromatic heterocycles. The lowest BCUT2D eigenvalue weighted by molar-refractivity contribution is -0.143. The molecule has 2 rings (SSSR count). The number of ether oxygens (including phenoxy) is 1. The monoisotopic (exact) mass is 319 g/mol. The average molecular weight is 319 g/mol. The Morgan fingerprint density at radius 2 is 2.00 bits per heavy atom. The summed E-state index contributed by atoms with van der Waals surface area (Å²) in [5.41, 5.74) is 1.57. The number of hydrogen-bond donors (Lipinski definition) is 2. The van der Waals surface area contributed by atoms with Crippen molar-refractivity contribution in [3.63, 3.8) is 0 Å².